The largest absolute Gasteiger partial charge is 0.330 e. The molecule has 2 N–H and O–H groups in total. The van der Waals surface area contributed by atoms with Gasteiger partial charge in [-0.2, -0.15) is 5.10 Å². The minimum absolute atomic E-state index is 0.641. The van der Waals surface area contributed by atoms with Gasteiger partial charge in [-0.15, -0.1) is 0 Å². The lowest BCUT2D eigenvalue weighted by Crippen LogP contribution is -2.01. The van der Waals surface area contributed by atoms with Gasteiger partial charge in [0.15, 0.2) is 0 Å². The molecule has 16 heavy (non-hydrogen) atoms. The van der Waals surface area contributed by atoms with Crippen molar-refractivity contribution in [2.45, 2.75) is 12.3 Å². The molecule has 2 atom stereocenters. The Morgan fingerprint density at radius 3 is 2.81 bits per heavy atom. The molecule has 0 radical (unpaired) electrons. The highest BCUT2D eigenvalue weighted by Gasteiger charge is 2.37. The molecule has 1 aromatic carbocycles. The molecular weight excluding hydrogens is 198 g/mol. The van der Waals surface area contributed by atoms with E-state index in [1.54, 1.807) is 0 Å². The number of hydrogen-bond donors (Lipinski definition) is 1. The van der Waals surface area contributed by atoms with Crippen LogP contribution in [0.2, 0.25) is 0 Å². The summed E-state index contributed by atoms with van der Waals surface area (Å²) in [7, 11) is 0. The van der Waals surface area contributed by atoms with Gasteiger partial charge in [0.1, 0.15) is 0 Å². The molecule has 1 saturated carbocycles. The van der Waals surface area contributed by atoms with Crippen LogP contribution in [0.3, 0.4) is 0 Å². The van der Waals surface area contributed by atoms with Crippen LogP contribution >= 0.6 is 0 Å². The maximum absolute atomic E-state index is 5.65. The molecule has 82 valence electrons. The minimum atomic E-state index is 0.641. The van der Waals surface area contributed by atoms with E-state index in [4.69, 9.17) is 5.73 Å². The SMILES string of the molecule is NC[C@@H]1C[C@H]1c1cnn(-c2ccccc2)c1. The zero-order chi connectivity index (χ0) is 11.0. The summed E-state index contributed by atoms with van der Waals surface area (Å²) in [6.07, 6.45) is 5.31. The number of para-hydroxylation sites is 1. The van der Waals surface area contributed by atoms with Gasteiger partial charge in [-0.25, -0.2) is 4.68 Å². The van der Waals surface area contributed by atoms with Crippen LogP contribution in [0.4, 0.5) is 0 Å². The molecule has 1 heterocycles. The lowest BCUT2D eigenvalue weighted by atomic mass is 10.2. The second kappa shape index (κ2) is 3.76. The highest BCUT2D eigenvalue weighted by atomic mass is 15.3. The summed E-state index contributed by atoms with van der Waals surface area (Å²) in [6.45, 7) is 0.793. The Morgan fingerprint density at radius 1 is 1.31 bits per heavy atom. The molecule has 1 aliphatic rings. The number of rotatable bonds is 3. The number of nitrogens with zero attached hydrogens (tertiary/aromatic N) is 2. The maximum Gasteiger partial charge on any atom is 0.0645 e. The first-order valence-corrected chi connectivity index (χ1v) is 5.68. The zero-order valence-corrected chi connectivity index (χ0v) is 9.08. The van der Waals surface area contributed by atoms with Gasteiger partial charge in [0.05, 0.1) is 11.9 Å². The number of nitrogens with two attached hydrogens (primary N) is 1. The summed E-state index contributed by atoms with van der Waals surface area (Å²) in [5, 5.41) is 4.39. The van der Waals surface area contributed by atoms with Gasteiger partial charge < -0.3 is 5.73 Å². The van der Waals surface area contributed by atoms with Crippen molar-refractivity contribution in [3.05, 3.63) is 48.3 Å². The predicted molar refractivity (Wildman–Crippen MR) is 63.5 cm³/mol. The molecule has 1 aliphatic carbocycles. The van der Waals surface area contributed by atoms with Crippen LogP contribution in [0.25, 0.3) is 5.69 Å². The first kappa shape index (κ1) is 9.60. The van der Waals surface area contributed by atoms with Crippen molar-refractivity contribution in [3.63, 3.8) is 0 Å². The van der Waals surface area contributed by atoms with E-state index in [1.165, 1.54) is 12.0 Å². The third kappa shape index (κ3) is 1.63. The average molecular weight is 213 g/mol. The molecule has 0 bridgehead atoms. The molecule has 3 nitrogen and oxygen atoms in total. The Kier molecular flexibility index (Phi) is 2.26. The summed E-state index contributed by atoms with van der Waals surface area (Å²) in [4.78, 5) is 0. The molecule has 3 rings (SSSR count). The van der Waals surface area contributed by atoms with Crippen molar-refractivity contribution >= 4 is 0 Å². The fraction of sp³-hybridized carbons (Fsp3) is 0.308. The Bertz CT molecular complexity index is 475. The van der Waals surface area contributed by atoms with Gasteiger partial charge >= 0.3 is 0 Å². The lowest BCUT2D eigenvalue weighted by Gasteiger charge is -1.98. The quantitative estimate of drug-likeness (QED) is 0.846. The van der Waals surface area contributed by atoms with E-state index >= 15 is 0 Å². The molecule has 0 aliphatic heterocycles. The first-order valence-electron chi connectivity index (χ1n) is 5.68. The second-order valence-corrected chi connectivity index (χ2v) is 4.39. The van der Waals surface area contributed by atoms with Gasteiger partial charge in [0.25, 0.3) is 0 Å². The Hall–Kier alpha value is -1.61. The molecule has 0 saturated heterocycles. The summed E-state index contributed by atoms with van der Waals surface area (Å²) >= 11 is 0. The summed E-state index contributed by atoms with van der Waals surface area (Å²) in [6, 6.07) is 10.2. The molecule has 1 fully saturated rings. The van der Waals surface area contributed by atoms with E-state index in [1.807, 2.05) is 29.1 Å². The van der Waals surface area contributed by atoms with Crippen molar-refractivity contribution in [1.29, 1.82) is 0 Å². The Labute approximate surface area is 94.9 Å². The molecule has 0 spiro atoms. The van der Waals surface area contributed by atoms with Crippen LogP contribution in [-0.2, 0) is 0 Å². The summed E-state index contributed by atoms with van der Waals surface area (Å²) < 4.78 is 1.93. The first-order chi connectivity index (χ1) is 7.88. The van der Waals surface area contributed by atoms with Gasteiger partial charge in [0.2, 0.25) is 0 Å². The Morgan fingerprint density at radius 2 is 2.12 bits per heavy atom. The van der Waals surface area contributed by atoms with Crippen LogP contribution < -0.4 is 5.73 Å². The van der Waals surface area contributed by atoms with Gasteiger partial charge in [0, 0.05) is 6.20 Å². The Balaban J connectivity index is 1.84. The van der Waals surface area contributed by atoms with E-state index in [0.717, 1.165) is 12.2 Å². The predicted octanol–water partition coefficient (Wildman–Crippen LogP) is 1.93. The van der Waals surface area contributed by atoms with Crippen molar-refractivity contribution in [1.82, 2.24) is 9.78 Å². The van der Waals surface area contributed by atoms with E-state index < -0.39 is 0 Å². The van der Waals surface area contributed by atoms with Crippen LogP contribution in [-0.4, -0.2) is 16.3 Å². The molecular formula is C13H15N3. The molecule has 2 aromatic rings. The van der Waals surface area contributed by atoms with Crippen LogP contribution in [0, 0.1) is 5.92 Å². The summed E-state index contributed by atoms with van der Waals surface area (Å²) in [5.74, 6) is 1.32. The fourth-order valence-corrected chi connectivity index (χ4v) is 2.17. The minimum Gasteiger partial charge on any atom is -0.330 e. The normalized spacial score (nSPS) is 23.3. The molecule has 0 amide bonds. The average Bonchev–Trinajstić information content (AvgIpc) is 2.98. The topological polar surface area (TPSA) is 43.8 Å². The third-order valence-corrected chi connectivity index (χ3v) is 3.28. The van der Waals surface area contributed by atoms with E-state index in [-0.39, 0.29) is 0 Å². The van der Waals surface area contributed by atoms with Crippen LogP contribution in [0.15, 0.2) is 42.7 Å². The third-order valence-electron chi connectivity index (χ3n) is 3.28. The monoisotopic (exact) mass is 213 g/mol. The second-order valence-electron chi connectivity index (χ2n) is 4.39. The highest BCUT2D eigenvalue weighted by Crippen LogP contribution is 2.46. The number of aromatic nitrogens is 2. The molecule has 0 unspecified atom stereocenters. The van der Waals surface area contributed by atoms with Gasteiger partial charge in [-0.1, -0.05) is 18.2 Å². The number of benzene rings is 1. The van der Waals surface area contributed by atoms with Crippen molar-refractivity contribution in [2.24, 2.45) is 11.7 Å². The standard InChI is InChI=1S/C13H15N3/c14-7-10-6-13(10)11-8-15-16(9-11)12-4-2-1-3-5-12/h1-5,8-10,13H,6-7,14H2/t10-,13+/m0/s1. The van der Waals surface area contributed by atoms with Crippen molar-refractivity contribution in [2.75, 3.05) is 6.54 Å². The maximum atomic E-state index is 5.65. The highest BCUT2D eigenvalue weighted by molar-refractivity contribution is 5.32. The van der Waals surface area contributed by atoms with Gasteiger partial charge in [-0.3, -0.25) is 0 Å². The van der Waals surface area contributed by atoms with Crippen LogP contribution in [0.5, 0.6) is 0 Å². The van der Waals surface area contributed by atoms with Gasteiger partial charge in [-0.05, 0) is 42.5 Å². The lowest BCUT2D eigenvalue weighted by molar-refractivity contribution is 0.809. The van der Waals surface area contributed by atoms with E-state index in [0.29, 0.717) is 11.8 Å². The van der Waals surface area contributed by atoms with E-state index in [9.17, 15) is 0 Å². The molecule has 3 heteroatoms. The smallest absolute Gasteiger partial charge is 0.0645 e. The number of hydrogen-bond acceptors (Lipinski definition) is 2. The van der Waals surface area contributed by atoms with Crippen molar-refractivity contribution < 1.29 is 0 Å². The zero-order valence-electron chi connectivity index (χ0n) is 9.08. The molecule has 1 aromatic heterocycles. The van der Waals surface area contributed by atoms with E-state index in [2.05, 4.69) is 23.4 Å². The summed E-state index contributed by atoms with van der Waals surface area (Å²) in [5.41, 5.74) is 8.08. The van der Waals surface area contributed by atoms with Crippen LogP contribution in [0.1, 0.15) is 17.9 Å². The fourth-order valence-electron chi connectivity index (χ4n) is 2.17. The van der Waals surface area contributed by atoms with Crippen molar-refractivity contribution in [3.8, 4) is 5.69 Å².